The maximum absolute atomic E-state index is 13.2. The molecule has 2 aliphatic heterocycles. The first kappa shape index (κ1) is 27.3. The van der Waals surface area contributed by atoms with Gasteiger partial charge >= 0.3 is 26.1 Å². The quantitative estimate of drug-likeness (QED) is 0.254. The molecule has 202 valence electrons. The average Bonchev–Trinajstić information content (AvgIpc) is 3.48. The minimum absolute atomic E-state index is 0.0147. The predicted molar refractivity (Wildman–Crippen MR) is 115 cm³/mol. The topological polar surface area (TPSA) is 163 Å². The lowest BCUT2D eigenvalue weighted by molar-refractivity contribution is -0.137. The summed E-state index contributed by atoms with van der Waals surface area (Å²) < 4.78 is 58.6. The second-order valence-electron chi connectivity index (χ2n) is 8.81. The van der Waals surface area contributed by atoms with Gasteiger partial charge in [0.1, 0.15) is 5.54 Å². The van der Waals surface area contributed by atoms with E-state index in [2.05, 4.69) is 14.6 Å². The standard InChI is InChI=1S/C20H20ClF3N3O9P/c21-14-6-11-8-26(7-10(11)5-13(14)20(22,23)24)15(28)3-4-19(12-1-2-12)16(29)27(17(30)25-19)18(31)35-9-36-37(32,33)34/h5-6,12H,1-4,7-9H2,(H,25,30)(H2,32,33,34). The van der Waals surface area contributed by atoms with Crippen LogP contribution in [0.3, 0.4) is 0 Å². The van der Waals surface area contributed by atoms with Crippen LogP contribution in [0.4, 0.5) is 22.8 Å². The van der Waals surface area contributed by atoms with Gasteiger partial charge in [-0.2, -0.15) is 18.1 Å². The molecule has 1 atom stereocenters. The molecule has 4 rings (SSSR count). The fourth-order valence-electron chi connectivity index (χ4n) is 4.47. The Hall–Kier alpha value is -2.71. The second-order valence-corrected chi connectivity index (χ2v) is 10.5. The summed E-state index contributed by atoms with van der Waals surface area (Å²) in [6.45, 7) is -1.30. The third-order valence-corrected chi connectivity index (χ3v) is 7.14. The number of hydrogen-bond donors (Lipinski definition) is 3. The molecule has 2 fully saturated rings. The van der Waals surface area contributed by atoms with E-state index >= 15 is 0 Å². The number of alkyl halides is 3. The molecule has 17 heteroatoms. The lowest BCUT2D eigenvalue weighted by Gasteiger charge is -2.27. The number of hydrogen-bond acceptors (Lipinski definition) is 7. The zero-order valence-corrected chi connectivity index (χ0v) is 20.4. The van der Waals surface area contributed by atoms with Gasteiger partial charge in [0.15, 0.2) is 0 Å². The highest BCUT2D eigenvalue weighted by molar-refractivity contribution is 7.46. The summed E-state index contributed by atoms with van der Waals surface area (Å²) in [6.07, 6.45) is -5.57. The van der Waals surface area contributed by atoms with Crippen molar-refractivity contribution in [3.8, 4) is 0 Å². The van der Waals surface area contributed by atoms with Crippen molar-refractivity contribution >= 4 is 43.4 Å². The number of urea groups is 1. The Balaban J connectivity index is 1.42. The number of rotatable bonds is 7. The normalized spacial score (nSPS) is 21.8. The van der Waals surface area contributed by atoms with Crippen molar-refractivity contribution in [2.75, 3.05) is 6.79 Å². The number of fused-ring (bicyclic) bond motifs is 1. The summed E-state index contributed by atoms with van der Waals surface area (Å²) >= 11 is 5.76. The first-order valence-corrected chi connectivity index (χ1v) is 12.7. The number of ether oxygens (including phenoxy) is 1. The summed E-state index contributed by atoms with van der Waals surface area (Å²) in [6, 6.07) is 0.934. The maximum Gasteiger partial charge on any atom is 0.472 e. The Morgan fingerprint density at radius 2 is 1.81 bits per heavy atom. The summed E-state index contributed by atoms with van der Waals surface area (Å²) in [4.78, 5) is 69.4. The van der Waals surface area contributed by atoms with Crippen molar-refractivity contribution in [1.82, 2.24) is 15.1 Å². The number of carbonyl (C=O) groups is 4. The fourth-order valence-corrected chi connectivity index (χ4v) is 4.95. The summed E-state index contributed by atoms with van der Waals surface area (Å²) in [5.41, 5.74) is -1.85. The Bertz CT molecular complexity index is 1220. The first-order valence-electron chi connectivity index (χ1n) is 10.8. The number of halogens is 4. The van der Waals surface area contributed by atoms with E-state index in [4.69, 9.17) is 21.4 Å². The number of nitrogens with one attached hydrogen (secondary N) is 1. The fraction of sp³-hybridized carbons (Fsp3) is 0.500. The van der Waals surface area contributed by atoms with Gasteiger partial charge in [0.25, 0.3) is 5.91 Å². The number of phosphoric ester groups is 1. The number of carbonyl (C=O) groups excluding carboxylic acids is 4. The van der Waals surface area contributed by atoms with Crippen molar-refractivity contribution in [1.29, 1.82) is 0 Å². The molecule has 1 aliphatic carbocycles. The molecule has 3 N–H and O–H groups in total. The highest BCUT2D eigenvalue weighted by atomic mass is 35.5. The molecule has 3 aliphatic rings. The van der Waals surface area contributed by atoms with Gasteiger partial charge in [0.05, 0.1) is 10.6 Å². The molecule has 2 heterocycles. The molecule has 12 nitrogen and oxygen atoms in total. The van der Waals surface area contributed by atoms with Gasteiger partial charge in [0, 0.05) is 19.5 Å². The van der Waals surface area contributed by atoms with Crippen LogP contribution < -0.4 is 5.32 Å². The van der Waals surface area contributed by atoms with Gasteiger partial charge < -0.3 is 24.7 Å². The van der Waals surface area contributed by atoms with Gasteiger partial charge in [0.2, 0.25) is 12.7 Å². The van der Waals surface area contributed by atoms with Crippen LogP contribution in [-0.2, 0) is 42.7 Å². The molecule has 1 aromatic rings. The summed E-state index contributed by atoms with van der Waals surface area (Å²) in [7, 11) is -4.97. The van der Waals surface area contributed by atoms with Gasteiger partial charge in [-0.1, -0.05) is 11.6 Å². The van der Waals surface area contributed by atoms with Crippen LogP contribution >= 0.6 is 19.4 Å². The van der Waals surface area contributed by atoms with Crippen LogP contribution in [0.2, 0.25) is 5.02 Å². The number of nitrogens with zero attached hydrogens (tertiary/aromatic N) is 2. The van der Waals surface area contributed by atoms with E-state index in [1.165, 1.54) is 11.0 Å². The van der Waals surface area contributed by atoms with Gasteiger partial charge in [-0.05, 0) is 48.4 Å². The molecule has 5 amide bonds. The van der Waals surface area contributed by atoms with Crippen LogP contribution in [0, 0.1) is 5.92 Å². The van der Waals surface area contributed by atoms with Crippen molar-refractivity contribution in [2.45, 2.75) is 50.5 Å². The molecule has 1 unspecified atom stereocenters. The van der Waals surface area contributed by atoms with Gasteiger partial charge in [-0.3, -0.25) is 9.59 Å². The monoisotopic (exact) mass is 569 g/mol. The number of imide groups is 3. The molecule has 1 saturated carbocycles. The summed E-state index contributed by atoms with van der Waals surface area (Å²) in [5, 5.41) is 1.96. The smallest absolute Gasteiger partial charge is 0.421 e. The molecule has 0 spiro atoms. The second kappa shape index (κ2) is 9.55. The van der Waals surface area contributed by atoms with E-state index in [1.54, 1.807) is 0 Å². The first-order chi connectivity index (χ1) is 17.1. The molecule has 37 heavy (non-hydrogen) atoms. The number of phosphoric acid groups is 1. The zero-order valence-electron chi connectivity index (χ0n) is 18.8. The van der Waals surface area contributed by atoms with Gasteiger partial charge in [-0.15, -0.1) is 0 Å². The van der Waals surface area contributed by atoms with Crippen molar-refractivity contribution in [2.24, 2.45) is 5.92 Å². The lowest BCUT2D eigenvalue weighted by atomic mass is 9.87. The van der Waals surface area contributed by atoms with Crippen molar-refractivity contribution in [3.05, 3.63) is 33.8 Å². The van der Waals surface area contributed by atoms with Crippen LogP contribution in [0.15, 0.2) is 12.1 Å². The maximum atomic E-state index is 13.2. The van der Waals surface area contributed by atoms with E-state index in [9.17, 15) is 36.9 Å². The van der Waals surface area contributed by atoms with E-state index in [0.29, 0.717) is 24.0 Å². The lowest BCUT2D eigenvalue weighted by Crippen LogP contribution is -2.50. The molecule has 0 bridgehead atoms. The Morgan fingerprint density at radius 3 is 2.38 bits per heavy atom. The Kier molecular flexibility index (Phi) is 7.05. The molecule has 1 saturated heterocycles. The number of benzene rings is 1. The van der Waals surface area contributed by atoms with Crippen LogP contribution in [0.5, 0.6) is 0 Å². The van der Waals surface area contributed by atoms with E-state index in [-0.39, 0.29) is 36.7 Å². The molecular formula is C20H20ClF3N3O9P. The van der Waals surface area contributed by atoms with E-state index < -0.39 is 60.9 Å². The van der Waals surface area contributed by atoms with Crippen LogP contribution in [-0.4, -0.2) is 55.9 Å². The van der Waals surface area contributed by atoms with E-state index in [0.717, 1.165) is 6.07 Å². The van der Waals surface area contributed by atoms with Crippen LogP contribution in [0.25, 0.3) is 0 Å². The molecule has 1 aromatic carbocycles. The summed E-state index contributed by atoms with van der Waals surface area (Å²) in [5.74, 6) is -1.84. The third-order valence-electron chi connectivity index (χ3n) is 6.38. The Labute approximate surface area is 211 Å². The largest absolute Gasteiger partial charge is 0.472 e. The zero-order chi connectivity index (χ0) is 27.3. The SMILES string of the molecule is O=C(CCC1(C2CC2)NC(=O)N(C(=O)OCOP(=O)(O)O)C1=O)N1Cc2cc(Cl)c(C(F)(F)F)cc2C1. The minimum atomic E-state index is -4.97. The van der Waals surface area contributed by atoms with Crippen molar-refractivity contribution < 1.29 is 56.0 Å². The molecule has 0 aromatic heterocycles. The molecular weight excluding hydrogens is 550 g/mol. The number of amides is 5. The van der Waals surface area contributed by atoms with Crippen molar-refractivity contribution in [3.63, 3.8) is 0 Å². The third kappa shape index (κ3) is 5.60. The van der Waals surface area contributed by atoms with E-state index in [1.807, 2.05) is 0 Å². The highest BCUT2D eigenvalue weighted by Crippen LogP contribution is 2.46. The Morgan fingerprint density at radius 1 is 1.19 bits per heavy atom. The molecule has 0 radical (unpaired) electrons. The minimum Gasteiger partial charge on any atom is -0.421 e. The highest BCUT2D eigenvalue weighted by Gasteiger charge is 2.61. The average molecular weight is 570 g/mol. The predicted octanol–water partition coefficient (Wildman–Crippen LogP) is 2.89. The van der Waals surface area contributed by atoms with Crippen LogP contribution in [0.1, 0.15) is 42.4 Å². The van der Waals surface area contributed by atoms with Gasteiger partial charge in [-0.25, -0.2) is 18.7 Å².